The standard InChI is InChI=1S/C9H19NO2/c1-5-8(3)10-6-7(2)9(11)12-4/h7-8,10H,5-6H2,1-4H3/t7-,8-/m0/s1. The summed E-state index contributed by atoms with van der Waals surface area (Å²) in [6.45, 7) is 6.77. The van der Waals surface area contributed by atoms with Crippen LogP contribution in [0.15, 0.2) is 0 Å². The molecule has 12 heavy (non-hydrogen) atoms. The van der Waals surface area contributed by atoms with Crippen LogP contribution in [0.25, 0.3) is 0 Å². The predicted octanol–water partition coefficient (Wildman–Crippen LogP) is 1.18. The Morgan fingerprint density at radius 1 is 1.50 bits per heavy atom. The summed E-state index contributed by atoms with van der Waals surface area (Å²) in [5.74, 6) is -0.199. The van der Waals surface area contributed by atoms with E-state index in [1.165, 1.54) is 7.11 Å². The molecule has 0 rings (SSSR count). The van der Waals surface area contributed by atoms with Crippen LogP contribution in [0.3, 0.4) is 0 Å². The Labute approximate surface area is 74.5 Å². The number of ether oxygens (including phenoxy) is 1. The summed E-state index contributed by atoms with van der Waals surface area (Å²) in [5, 5.41) is 3.25. The van der Waals surface area contributed by atoms with E-state index in [9.17, 15) is 4.79 Å². The first-order chi connectivity index (χ1) is 5.61. The van der Waals surface area contributed by atoms with Crippen LogP contribution in [0, 0.1) is 5.92 Å². The van der Waals surface area contributed by atoms with Gasteiger partial charge in [0.1, 0.15) is 0 Å². The van der Waals surface area contributed by atoms with Gasteiger partial charge in [0.2, 0.25) is 0 Å². The second kappa shape index (κ2) is 6.00. The molecule has 1 N–H and O–H groups in total. The Kier molecular flexibility index (Phi) is 5.72. The SMILES string of the molecule is CC[C@H](C)NC[C@H](C)C(=O)OC. The molecule has 0 unspecified atom stereocenters. The van der Waals surface area contributed by atoms with Gasteiger partial charge < -0.3 is 10.1 Å². The number of hydrogen-bond acceptors (Lipinski definition) is 3. The van der Waals surface area contributed by atoms with Gasteiger partial charge in [0, 0.05) is 12.6 Å². The summed E-state index contributed by atoms with van der Waals surface area (Å²) in [5.41, 5.74) is 0. The molecule has 0 aromatic rings. The predicted molar refractivity (Wildman–Crippen MR) is 48.9 cm³/mol. The first-order valence-corrected chi connectivity index (χ1v) is 4.43. The number of nitrogens with one attached hydrogen (secondary N) is 1. The molecule has 3 heteroatoms. The molecule has 0 radical (unpaired) electrons. The van der Waals surface area contributed by atoms with Crippen molar-refractivity contribution in [2.75, 3.05) is 13.7 Å². The number of methoxy groups -OCH3 is 1. The van der Waals surface area contributed by atoms with E-state index in [0.717, 1.165) is 6.42 Å². The number of rotatable bonds is 5. The van der Waals surface area contributed by atoms with Crippen molar-refractivity contribution in [3.63, 3.8) is 0 Å². The first-order valence-electron chi connectivity index (χ1n) is 4.43. The van der Waals surface area contributed by atoms with Crippen molar-refractivity contribution in [1.82, 2.24) is 5.32 Å². The highest BCUT2D eigenvalue weighted by Crippen LogP contribution is 1.97. The van der Waals surface area contributed by atoms with E-state index in [-0.39, 0.29) is 11.9 Å². The summed E-state index contributed by atoms with van der Waals surface area (Å²) in [6, 6.07) is 0.470. The molecule has 0 aliphatic heterocycles. The van der Waals surface area contributed by atoms with Gasteiger partial charge in [-0.1, -0.05) is 13.8 Å². The second-order valence-corrected chi connectivity index (χ2v) is 3.14. The van der Waals surface area contributed by atoms with Gasteiger partial charge in [-0.2, -0.15) is 0 Å². The van der Waals surface area contributed by atoms with Crippen molar-refractivity contribution >= 4 is 5.97 Å². The van der Waals surface area contributed by atoms with Crippen molar-refractivity contribution in [2.45, 2.75) is 33.2 Å². The van der Waals surface area contributed by atoms with Crippen molar-refractivity contribution in [3.05, 3.63) is 0 Å². The molecule has 0 aromatic carbocycles. The van der Waals surface area contributed by atoms with E-state index in [4.69, 9.17) is 0 Å². The van der Waals surface area contributed by atoms with Gasteiger partial charge in [-0.15, -0.1) is 0 Å². The van der Waals surface area contributed by atoms with Gasteiger partial charge in [0.05, 0.1) is 13.0 Å². The molecule has 0 amide bonds. The van der Waals surface area contributed by atoms with E-state index in [0.29, 0.717) is 12.6 Å². The Morgan fingerprint density at radius 2 is 2.08 bits per heavy atom. The normalized spacial score (nSPS) is 15.3. The molecule has 0 fully saturated rings. The summed E-state index contributed by atoms with van der Waals surface area (Å²) >= 11 is 0. The molecule has 72 valence electrons. The van der Waals surface area contributed by atoms with Gasteiger partial charge in [-0.25, -0.2) is 0 Å². The molecule has 2 atom stereocenters. The Bertz CT molecular complexity index is 136. The monoisotopic (exact) mass is 173 g/mol. The third kappa shape index (κ3) is 4.34. The van der Waals surface area contributed by atoms with Gasteiger partial charge >= 0.3 is 5.97 Å². The highest BCUT2D eigenvalue weighted by molar-refractivity contribution is 5.71. The maximum absolute atomic E-state index is 11.0. The van der Waals surface area contributed by atoms with Crippen molar-refractivity contribution in [2.24, 2.45) is 5.92 Å². The zero-order valence-electron chi connectivity index (χ0n) is 8.39. The molecule has 0 heterocycles. The molecule has 0 aromatic heterocycles. The van der Waals surface area contributed by atoms with Crippen LogP contribution in [0.5, 0.6) is 0 Å². The summed E-state index contributed by atoms with van der Waals surface area (Å²) in [6.07, 6.45) is 1.08. The highest BCUT2D eigenvalue weighted by Gasteiger charge is 2.12. The lowest BCUT2D eigenvalue weighted by Gasteiger charge is -2.14. The number of carbonyl (C=O) groups excluding carboxylic acids is 1. The summed E-state index contributed by atoms with van der Waals surface area (Å²) in [4.78, 5) is 11.0. The molecule has 0 saturated carbocycles. The van der Waals surface area contributed by atoms with Crippen LogP contribution in [-0.2, 0) is 9.53 Å². The molecule has 0 spiro atoms. The number of hydrogen-bond donors (Lipinski definition) is 1. The van der Waals surface area contributed by atoms with Gasteiger partial charge in [-0.3, -0.25) is 4.79 Å². The zero-order chi connectivity index (χ0) is 9.56. The van der Waals surface area contributed by atoms with E-state index in [1.807, 2.05) is 6.92 Å². The largest absolute Gasteiger partial charge is 0.469 e. The quantitative estimate of drug-likeness (QED) is 0.634. The lowest BCUT2D eigenvalue weighted by atomic mass is 10.1. The molecule has 0 aliphatic rings. The maximum Gasteiger partial charge on any atom is 0.309 e. The summed E-state index contributed by atoms with van der Waals surface area (Å²) in [7, 11) is 1.42. The second-order valence-electron chi connectivity index (χ2n) is 3.14. The Morgan fingerprint density at radius 3 is 2.50 bits per heavy atom. The number of carbonyl (C=O) groups is 1. The topological polar surface area (TPSA) is 38.3 Å². The fourth-order valence-electron chi connectivity index (χ4n) is 0.807. The van der Waals surface area contributed by atoms with Crippen molar-refractivity contribution in [3.8, 4) is 0 Å². The van der Waals surface area contributed by atoms with Gasteiger partial charge in [0.25, 0.3) is 0 Å². The van der Waals surface area contributed by atoms with Crippen molar-refractivity contribution < 1.29 is 9.53 Å². The van der Waals surface area contributed by atoms with E-state index in [1.54, 1.807) is 0 Å². The Hall–Kier alpha value is -0.570. The molecule has 0 aliphatic carbocycles. The van der Waals surface area contributed by atoms with Crippen molar-refractivity contribution in [1.29, 1.82) is 0 Å². The highest BCUT2D eigenvalue weighted by atomic mass is 16.5. The lowest BCUT2D eigenvalue weighted by Crippen LogP contribution is -2.33. The Balaban J connectivity index is 3.56. The van der Waals surface area contributed by atoms with E-state index >= 15 is 0 Å². The molecular formula is C9H19NO2. The minimum Gasteiger partial charge on any atom is -0.469 e. The molecule has 3 nitrogen and oxygen atoms in total. The summed E-state index contributed by atoms with van der Waals surface area (Å²) < 4.78 is 4.60. The molecular weight excluding hydrogens is 154 g/mol. The molecule has 0 bridgehead atoms. The van der Waals surface area contributed by atoms with E-state index < -0.39 is 0 Å². The first kappa shape index (κ1) is 11.4. The van der Waals surface area contributed by atoms with Crippen LogP contribution >= 0.6 is 0 Å². The zero-order valence-corrected chi connectivity index (χ0v) is 8.39. The number of esters is 1. The average Bonchev–Trinajstić information content (AvgIpc) is 2.11. The fourth-order valence-corrected chi connectivity index (χ4v) is 0.807. The average molecular weight is 173 g/mol. The minimum absolute atomic E-state index is 0.0519. The maximum atomic E-state index is 11.0. The minimum atomic E-state index is -0.147. The smallest absolute Gasteiger partial charge is 0.309 e. The van der Waals surface area contributed by atoms with Crippen LogP contribution in [0.1, 0.15) is 27.2 Å². The third-order valence-electron chi connectivity index (χ3n) is 1.99. The van der Waals surface area contributed by atoms with Crippen LogP contribution < -0.4 is 5.32 Å². The molecule has 0 saturated heterocycles. The van der Waals surface area contributed by atoms with Crippen LogP contribution in [0.2, 0.25) is 0 Å². The third-order valence-corrected chi connectivity index (χ3v) is 1.99. The van der Waals surface area contributed by atoms with Crippen LogP contribution in [0.4, 0.5) is 0 Å². The van der Waals surface area contributed by atoms with E-state index in [2.05, 4.69) is 23.9 Å². The van der Waals surface area contributed by atoms with Crippen LogP contribution in [-0.4, -0.2) is 25.7 Å². The van der Waals surface area contributed by atoms with Gasteiger partial charge in [-0.05, 0) is 13.3 Å². The lowest BCUT2D eigenvalue weighted by molar-refractivity contribution is -0.144. The fraction of sp³-hybridized carbons (Fsp3) is 0.889. The van der Waals surface area contributed by atoms with Gasteiger partial charge in [0.15, 0.2) is 0 Å².